The van der Waals surface area contributed by atoms with Gasteiger partial charge in [0.1, 0.15) is 24.5 Å². The molecule has 3 aromatic rings. The molecule has 1 atom stereocenters. The van der Waals surface area contributed by atoms with Crippen LogP contribution in [0.15, 0.2) is 48.8 Å². The molecule has 2 aromatic carbocycles. The Morgan fingerprint density at radius 2 is 1.97 bits per heavy atom. The highest BCUT2D eigenvalue weighted by molar-refractivity contribution is 6.04. The van der Waals surface area contributed by atoms with Gasteiger partial charge in [0, 0.05) is 39.8 Å². The Bertz CT molecular complexity index is 1090. The van der Waals surface area contributed by atoms with Gasteiger partial charge in [-0.25, -0.2) is 14.4 Å². The van der Waals surface area contributed by atoms with Crippen molar-refractivity contribution < 1.29 is 13.9 Å². The number of aromatic nitrogens is 2. The van der Waals surface area contributed by atoms with Crippen LogP contribution in [0.2, 0.25) is 0 Å². The lowest BCUT2D eigenvalue weighted by Gasteiger charge is -2.24. The van der Waals surface area contributed by atoms with E-state index >= 15 is 0 Å². The fourth-order valence-corrected chi connectivity index (χ4v) is 4.00. The first-order chi connectivity index (χ1) is 15.5. The number of amides is 1. The number of carbonyl (C=O) groups excluding carboxylic acids is 1. The van der Waals surface area contributed by atoms with Crippen LogP contribution in [0.3, 0.4) is 0 Å². The highest BCUT2D eigenvalue weighted by atomic mass is 19.1. The summed E-state index contributed by atoms with van der Waals surface area (Å²) in [5.74, 6) is -0.124. The molecule has 7 heteroatoms. The van der Waals surface area contributed by atoms with Crippen molar-refractivity contribution in [1.82, 2.24) is 15.3 Å². The van der Waals surface area contributed by atoms with Gasteiger partial charge in [-0.05, 0) is 69.6 Å². The van der Waals surface area contributed by atoms with Gasteiger partial charge in [-0.15, -0.1) is 0 Å². The summed E-state index contributed by atoms with van der Waals surface area (Å²) in [6.45, 7) is 5.42. The van der Waals surface area contributed by atoms with E-state index in [9.17, 15) is 9.18 Å². The standard InChI is InChI=1S/C25H27FN4O2/c1-16-24(17(2)29-15-28-16)22-13-20(30-25(31)18-6-5-7-19(26)12-18)9-10-23(22)32-14-21-8-3-4-11-27-21/h5-7,9-10,12-13,15,21,27H,3-4,8,11,14H2,1-2H3,(H,30,31). The maximum Gasteiger partial charge on any atom is 0.255 e. The van der Waals surface area contributed by atoms with Crippen LogP contribution in [0.25, 0.3) is 11.1 Å². The lowest BCUT2D eigenvalue weighted by atomic mass is 10.0. The zero-order valence-corrected chi connectivity index (χ0v) is 18.3. The molecule has 0 saturated carbocycles. The molecular formula is C25H27FN4O2. The number of hydrogen-bond acceptors (Lipinski definition) is 5. The maximum atomic E-state index is 13.5. The van der Waals surface area contributed by atoms with Gasteiger partial charge in [0.05, 0.1) is 0 Å². The van der Waals surface area contributed by atoms with Gasteiger partial charge in [0.2, 0.25) is 0 Å². The van der Waals surface area contributed by atoms with E-state index in [4.69, 9.17) is 4.74 Å². The molecule has 0 radical (unpaired) electrons. The summed E-state index contributed by atoms with van der Waals surface area (Å²) in [6.07, 6.45) is 5.02. The number of aryl methyl sites for hydroxylation is 2. The zero-order valence-electron chi connectivity index (χ0n) is 18.3. The zero-order chi connectivity index (χ0) is 22.5. The highest BCUT2D eigenvalue weighted by Crippen LogP contribution is 2.36. The van der Waals surface area contributed by atoms with E-state index in [0.717, 1.165) is 35.5 Å². The molecule has 1 aliphatic heterocycles. The van der Waals surface area contributed by atoms with Crippen LogP contribution >= 0.6 is 0 Å². The van der Waals surface area contributed by atoms with Crippen LogP contribution in [-0.2, 0) is 0 Å². The van der Waals surface area contributed by atoms with Gasteiger partial charge in [-0.2, -0.15) is 0 Å². The van der Waals surface area contributed by atoms with Crippen molar-refractivity contribution in [2.24, 2.45) is 0 Å². The topological polar surface area (TPSA) is 76.1 Å². The average Bonchev–Trinajstić information content (AvgIpc) is 2.79. The smallest absolute Gasteiger partial charge is 0.255 e. The molecule has 1 aliphatic rings. The van der Waals surface area contributed by atoms with E-state index in [-0.39, 0.29) is 11.5 Å². The molecule has 1 saturated heterocycles. The summed E-state index contributed by atoms with van der Waals surface area (Å²) in [4.78, 5) is 21.3. The van der Waals surface area contributed by atoms with E-state index in [1.807, 2.05) is 26.0 Å². The highest BCUT2D eigenvalue weighted by Gasteiger charge is 2.18. The third-order valence-electron chi connectivity index (χ3n) is 5.67. The van der Waals surface area contributed by atoms with Gasteiger partial charge < -0.3 is 15.4 Å². The van der Waals surface area contributed by atoms with Crippen LogP contribution in [0.4, 0.5) is 10.1 Å². The first-order valence-corrected chi connectivity index (χ1v) is 10.9. The van der Waals surface area contributed by atoms with E-state index < -0.39 is 5.82 Å². The minimum atomic E-state index is -0.453. The summed E-state index contributed by atoms with van der Waals surface area (Å²) < 4.78 is 19.7. The van der Waals surface area contributed by atoms with E-state index in [1.165, 1.54) is 37.4 Å². The molecular weight excluding hydrogens is 407 g/mol. The molecule has 1 unspecified atom stereocenters. The predicted molar refractivity (Wildman–Crippen MR) is 122 cm³/mol. The fourth-order valence-electron chi connectivity index (χ4n) is 4.00. The second-order valence-corrected chi connectivity index (χ2v) is 8.05. The number of hydrogen-bond donors (Lipinski definition) is 2. The third kappa shape index (κ3) is 5.11. The van der Waals surface area contributed by atoms with Gasteiger partial charge in [-0.1, -0.05) is 12.5 Å². The van der Waals surface area contributed by atoms with Crippen molar-refractivity contribution in [3.63, 3.8) is 0 Å². The Balaban J connectivity index is 1.64. The summed E-state index contributed by atoms with van der Waals surface area (Å²) in [6, 6.07) is 11.4. The van der Waals surface area contributed by atoms with Crippen LogP contribution in [0.1, 0.15) is 41.0 Å². The van der Waals surface area contributed by atoms with Crippen LogP contribution in [0.5, 0.6) is 5.75 Å². The fraction of sp³-hybridized carbons (Fsp3) is 0.320. The summed E-state index contributed by atoms with van der Waals surface area (Å²) >= 11 is 0. The van der Waals surface area contributed by atoms with Crippen molar-refractivity contribution in [3.8, 4) is 16.9 Å². The Morgan fingerprint density at radius 3 is 2.69 bits per heavy atom. The molecule has 1 aromatic heterocycles. The van der Waals surface area contributed by atoms with E-state index in [0.29, 0.717) is 24.1 Å². The molecule has 0 spiro atoms. The quantitative estimate of drug-likeness (QED) is 0.590. The summed E-state index contributed by atoms with van der Waals surface area (Å²) in [5.41, 5.74) is 4.18. The molecule has 1 fully saturated rings. The Morgan fingerprint density at radius 1 is 1.16 bits per heavy atom. The predicted octanol–water partition coefficient (Wildman–Crippen LogP) is 4.67. The Kier molecular flexibility index (Phi) is 6.75. The Labute approximate surface area is 187 Å². The monoisotopic (exact) mass is 434 g/mol. The van der Waals surface area contributed by atoms with Gasteiger partial charge in [0.25, 0.3) is 5.91 Å². The molecule has 1 amide bonds. The molecule has 6 nitrogen and oxygen atoms in total. The summed E-state index contributed by atoms with van der Waals surface area (Å²) in [7, 11) is 0. The lowest BCUT2D eigenvalue weighted by Crippen LogP contribution is -2.38. The minimum absolute atomic E-state index is 0.255. The first kappa shape index (κ1) is 21.9. The molecule has 2 N–H and O–H groups in total. The number of rotatable bonds is 6. The number of benzene rings is 2. The second-order valence-electron chi connectivity index (χ2n) is 8.05. The van der Waals surface area contributed by atoms with Crippen LogP contribution in [0, 0.1) is 19.7 Å². The van der Waals surface area contributed by atoms with Crippen molar-refractivity contribution in [2.75, 3.05) is 18.5 Å². The number of ether oxygens (including phenoxy) is 1. The van der Waals surface area contributed by atoms with Gasteiger partial charge in [-0.3, -0.25) is 4.79 Å². The number of halogens is 1. The van der Waals surface area contributed by atoms with Gasteiger partial charge in [0.15, 0.2) is 0 Å². The Hall–Kier alpha value is -3.32. The molecule has 0 aliphatic carbocycles. The minimum Gasteiger partial charge on any atom is -0.491 e. The van der Waals surface area contributed by atoms with Crippen LogP contribution < -0.4 is 15.4 Å². The molecule has 32 heavy (non-hydrogen) atoms. The van der Waals surface area contributed by atoms with E-state index in [1.54, 1.807) is 12.1 Å². The van der Waals surface area contributed by atoms with Crippen molar-refractivity contribution >= 4 is 11.6 Å². The number of anilines is 1. The average molecular weight is 435 g/mol. The normalized spacial score (nSPS) is 15.9. The van der Waals surface area contributed by atoms with Crippen LogP contribution in [-0.4, -0.2) is 35.1 Å². The SMILES string of the molecule is Cc1ncnc(C)c1-c1cc(NC(=O)c2cccc(F)c2)ccc1OCC1CCCCN1. The molecule has 166 valence electrons. The summed E-state index contributed by atoms with van der Waals surface area (Å²) in [5, 5.41) is 6.35. The number of piperidine rings is 1. The van der Waals surface area contributed by atoms with Crippen molar-refractivity contribution in [2.45, 2.75) is 39.2 Å². The van der Waals surface area contributed by atoms with Gasteiger partial charge >= 0.3 is 0 Å². The molecule has 2 heterocycles. The number of carbonyl (C=O) groups is 1. The molecule has 4 rings (SSSR count). The number of nitrogens with zero attached hydrogens (tertiary/aromatic N) is 2. The lowest BCUT2D eigenvalue weighted by molar-refractivity contribution is 0.102. The first-order valence-electron chi connectivity index (χ1n) is 10.9. The van der Waals surface area contributed by atoms with Crippen molar-refractivity contribution in [1.29, 1.82) is 0 Å². The second kappa shape index (κ2) is 9.87. The largest absolute Gasteiger partial charge is 0.491 e. The van der Waals surface area contributed by atoms with E-state index in [2.05, 4.69) is 20.6 Å². The molecule has 0 bridgehead atoms. The third-order valence-corrected chi connectivity index (χ3v) is 5.67. The maximum absolute atomic E-state index is 13.5. The number of nitrogens with one attached hydrogen (secondary N) is 2. The van der Waals surface area contributed by atoms with Crippen molar-refractivity contribution in [3.05, 3.63) is 71.6 Å².